The average Bonchev–Trinajstić information content (AvgIpc) is 2.52. The lowest BCUT2D eigenvalue weighted by Crippen LogP contribution is -2.35. The van der Waals surface area contributed by atoms with Crippen molar-refractivity contribution in [2.24, 2.45) is 16.6 Å². The van der Waals surface area contributed by atoms with Crippen LogP contribution < -0.4 is 5.73 Å². The third-order valence-corrected chi connectivity index (χ3v) is 3.58. The van der Waals surface area contributed by atoms with E-state index >= 15 is 0 Å². The van der Waals surface area contributed by atoms with Gasteiger partial charge in [-0.15, -0.1) is 0 Å². The third-order valence-electron chi connectivity index (χ3n) is 3.58. The molecule has 0 fully saturated rings. The number of nitrogens with zero attached hydrogens (tertiary/aromatic N) is 2. The number of nitriles is 1. The van der Waals surface area contributed by atoms with Crippen molar-refractivity contribution in [2.45, 2.75) is 12.8 Å². The first-order chi connectivity index (χ1) is 11.0. The van der Waals surface area contributed by atoms with Gasteiger partial charge in [0, 0.05) is 5.92 Å². The number of rotatable bonds is 4. The quantitative estimate of drug-likeness (QED) is 0.683. The van der Waals surface area contributed by atoms with Crippen LogP contribution in [0.2, 0.25) is 0 Å². The standard InChI is InChI=1S/C17H16FN3O2/c1-3-8-23-17(22)14-10(2)21-16(20)12(9-19)15(14)11-6-4-5-7-13(11)18/h3-7,12,15H,1,8H2,2H3,(H2,20,21). The summed E-state index contributed by atoms with van der Waals surface area (Å²) in [4.78, 5) is 16.4. The Kier molecular flexibility index (Phi) is 4.91. The van der Waals surface area contributed by atoms with Crippen molar-refractivity contribution >= 4 is 11.8 Å². The van der Waals surface area contributed by atoms with Crippen LogP contribution in [0.4, 0.5) is 4.39 Å². The topological polar surface area (TPSA) is 88.5 Å². The molecule has 0 saturated heterocycles. The molecule has 118 valence electrons. The molecule has 0 amide bonds. The minimum Gasteiger partial charge on any atom is -0.458 e. The number of halogens is 1. The van der Waals surface area contributed by atoms with Gasteiger partial charge in [-0.3, -0.25) is 0 Å². The van der Waals surface area contributed by atoms with Gasteiger partial charge in [-0.25, -0.2) is 14.2 Å². The lowest BCUT2D eigenvalue weighted by Gasteiger charge is -2.28. The molecule has 23 heavy (non-hydrogen) atoms. The van der Waals surface area contributed by atoms with Crippen LogP contribution in [0.15, 0.2) is 53.2 Å². The van der Waals surface area contributed by atoms with Gasteiger partial charge in [-0.05, 0) is 18.6 Å². The summed E-state index contributed by atoms with van der Waals surface area (Å²) in [6, 6.07) is 7.97. The van der Waals surface area contributed by atoms with E-state index in [-0.39, 0.29) is 23.6 Å². The highest BCUT2D eigenvalue weighted by Gasteiger charge is 2.39. The van der Waals surface area contributed by atoms with Gasteiger partial charge in [0.05, 0.1) is 17.3 Å². The molecule has 0 aromatic heterocycles. The molecule has 1 aliphatic heterocycles. The molecule has 5 nitrogen and oxygen atoms in total. The molecule has 0 bridgehead atoms. The van der Waals surface area contributed by atoms with E-state index in [1.165, 1.54) is 24.3 Å². The van der Waals surface area contributed by atoms with E-state index in [9.17, 15) is 14.4 Å². The van der Waals surface area contributed by atoms with E-state index in [1.807, 2.05) is 6.07 Å². The van der Waals surface area contributed by atoms with Crippen molar-refractivity contribution in [3.05, 3.63) is 59.6 Å². The summed E-state index contributed by atoms with van der Waals surface area (Å²) >= 11 is 0. The molecular formula is C17H16FN3O2. The van der Waals surface area contributed by atoms with Crippen molar-refractivity contribution in [3.8, 4) is 6.07 Å². The van der Waals surface area contributed by atoms with Gasteiger partial charge in [-0.1, -0.05) is 30.9 Å². The molecule has 1 heterocycles. The zero-order chi connectivity index (χ0) is 17.0. The fourth-order valence-corrected chi connectivity index (χ4v) is 2.58. The summed E-state index contributed by atoms with van der Waals surface area (Å²) in [7, 11) is 0. The molecule has 2 rings (SSSR count). The third kappa shape index (κ3) is 3.14. The van der Waals surface area contributed by atoms with Crippen LogP contribution in [0.1, 0.15) is 18.4 Å². The van der Waals surface area contributed by atoms with Gasteiger partial charge in [0.1, 0.15) is 24.2 Å². The molecule has 1 aromatic rings. The number of aliphatic imine (C=N–C) groups is 1. The zero-order valence-electron chi connectivity index (χ0n) is 12.6. The highest BCUT2D eigenvalue weighted by molar-refractivity contribution is 5.98. The van der Waals surface area contributed by atoms with E-state index in [4.69, 9.17) is 10.5 Å². The van der Waals surface area contributed by atoms with E-state index in [1.54, 1.807) is 13.0 Å². The first kappa shape index (κ1) is 16.4. The molecule has 6 heteroatoms. The Bertz CT molecular complexity index is 746. The first-order valence-electron chi connectivity index (χ1n) is 6.98. The maximum Gasteiger partial charge on any atom is 0.336 e. The molecule has 2 atom stereocenters. The number of esters is 1. The molecule has 0 saturated carbocycles. The Morgan fingerprint density at radius 2 is 2.26 bits per heavy atom. The lowest BCUT2D eigenvalue weighted by atomic mass is 9.77. The molecule has 0 aliphatic carbocycles. The highest BCUT2D eigenvalue weighted by Crippen LogP contribution is 2.39. The number of carbonyl (C=O) groups is 1. The van der Waals surface area contributed by atoms with Crippen LogP contribution in [-0.4, -0.2) is 18.4 Å². The van der Waals surface area contributed by atoms with E-state index in [0.717, 1.165) is 0 Å². The van der Waals surface area contributed by atoms with E-state index in [0.29, 0.717) is 5.70 Å². The lowest BCUT2D eigenvalue weighted by molar-refractivity contribution is -0.138. The summed E-state index contributed by atoms with van der Waals surface area (Å²) in [5.41, 5.74) is 6.49. The van der Waals surface area contributed by atoms with Gasteiger partial charge >= 0.3 is 5.97 Å². The summed E-state index contributed by atoms with van der Waals surface area (Å²) in [6.07, 6.45) is 1.42. The van der Waals surface area contributed by atoms with E-state index in [2.05, 4.69) is 11.6 Å². The molecule has 2 unspecified atom stereocenters. The number of benzene rings is 1. The molecule has 1 aromatic carbocycles. The summed E-state index contributed by atoms with van der Waals surface area (Å²) in [5, 5.41) is 9.42. The minimum absolute atomic E-state index is 0.00994. The van der Waals surface area contributed by atoms with Crippen molar-refractivity contribution in [2.75, 3.05) is 6.61 Å². The molecular weight excluding hydrogens is 297 g/mol. The van der Waals surface area contributed by atoms with Crippen LogP contribution in [-0.2, 0) is 9.53 Å². The van der Waals surface area contributed by atoms with Crippen molar-refractivity contribution < 1.29 is 13.9 Å². The zero-order valence-corrected chi connectivity index (χ0v) is 12.6. The first-order valence-corrected chi connectivity index (χ1v) is 6.98. The van der Waals surface area contributed by atoms with Crippen molar-refractivity contribution in [1.29, 1.82) is 5.26 Å². The largest absolute Gasteiger partial charge is 0.458 e. The summed E-state index contributed by atoms with van der Waals surface area (Å²) < 4.78 is 19.3. The Morgan fingerprint density at radius 3 is 2.87 bits per heavy atom. The SMILES string of the molecule is C=CCOC(=O)C1=C(C)N=C(N)C(C#N)C1c1ccccc1F. The fraction of sp³-hybridized carbons (Fsp3) is 0.235. The van der Waals surface area contributed by atoms with Gasteiger partial charge < -0.3 is 10.5 Å². The number of nitrogens with two attached hydrogens (primary N) is 1. The monoisotopic (exact) mass is 313 g/mol. The van der Waals surface area contributed by atoms with Crippen molar-refractivity contribution in [3.63, 3.8) is 0 Å². The second-order valence-electron chi connectivity index (χ2n) is 5.03. The van der Waals surface area contributed by atoms with Gasteiger partial charge in [0.15, 0.2) is 0 Å². The number of carbonyl (C=O) groups excluding carboxylic acids is 1. The maximum atomic E-state index is 14.2. The number of allylic oxidation sites excluding steroid dienone is 1. The van der Waals surface area contributed by atoms with Gasteiger partial charge in [-0.2, -0.15) is 5.26 Å². The Morgan fingerprint density at radius 1 is 1.57 bits per heavy atom. The fourth-order valence-electron chi connectivity index (χ4n) is 2.58. The van der Waals surface area contributed by atoms with Gasteiger partial charge in [0.25, 0.3) is 0 Å². The highest BCUT2D eigenvalue weighted by atomic mass is 19.1. The summed E-state index contributed by atoms with van der Waals surface area (Å²) in [6.45, 7) is 5.07. The predicted octanol–water partition coefficient (Wildman–Crippen LogP) is 2.42. The molecule has 1 aliphatic rings. The molecule has 2 N–H and O–H groups in total. The minimum atomic E-state index is -0.943. The number of hydrogen-bond donors (Lipinski definition) is 1. The number of hydrogen-bond acceptors (Lipinski definition) is 5. The van der Waals surface area contributed by atoms with Crippen LogP contribution in [0, 0.1) is 23.1 Å². The van der Waals surface area contributed by atoms with Crippen molar-refractivity contribution in [1.82, 2.24) is 0 Å². The van der Waals surface area contributed by atoms with E-state index < -0.39 is 23.6 Å². The molecule has 0 radical (unpaired) electrons. The Hall–Kier alpha value is -2.94. The smallest absolute Gasteiger partial charge is 0.336 e. The van der Waals surface area contributed by atoms with Crippen LogP contribution in [0.3, 0.4) is 0 Å². The van der Waals surface area contributed by atoms with Crippen LogP contribution >= 0.6 is 0 Å². The Balaban J connectivity index is 2.59. The number of ether oxygens (including phenoxy) is 1. The second kappa shape index (κ2) is 6.88. The second-order valence-corrected chi connectivity index (χ2v) is 5.03. The Labute approximate surface area is 133 Å². The average molecular weight is 313 g/mol. The molecule has 0 spiro atoms. The van der Waals surface area contributed by atoms with Gasteiger partial charge in [0.2, 0.25) is 0 Å². The number of amidine groups is 1. The maximum absolute atomic E-state index is 14.2. The summed E-state index contributed by atoms with van der Waals surface area (Å²) in [5.74, 6) is -2.93. The van der Waals surface area contributed by atoms with Crippen LogP contribution in [0.25, 0.3) is 0 Å². The van der Waals surface area contributed by atoms with Crippen LogP contribution in [0.5, 0.6) is 0 Å². The normalized spacial score (nSPS) is 20.5. The predicted molar refractivity (Wildman–Crippen MR) is 83.7 cm³/mol.